The number of nitrogens with zero attached hydrogens (tertiary/aromatic N) is 1. The number of benzene rings is 1. The van der Waals surface area contributed by atoms with E-state index in [2.05, 4.69) is 5.32 Å². The Morgan fingerprint density at radius 2 is 1.92 bits per heavy atom. The van der Waals surface area contributed by atoms with Crippen molar-refractivity contribution in [3.63, 3.8) is 0 Å². The van der Waals surface area contributed by atoms with Gasteiger partial charge in [0.1, 0.15) is 5.75 Å². The minimum atomic E-state index is -0.0581. The number of amides is 1. The summed E-state index contributed by atoms with van der Waals surface area (Å²) < 4.78 is 6.27. The molecule has 0 radical (unpaired) electrons. The van der Waals surface area contributed by atoms with Crippen molar-refractivity contribution in [3.05, 3.63) is 35.0 Å². The van der Waals surface area contributed by atoms with Gasteiger partial charge in [0.05, 0.1) is 7.11 Å². The van der Waals surface area contributed by atoms with Gasteiger partial charge < -0.3 is 15.3 Å². The average Bonchev–Trinajstić information content (AvgIpc) is 2.67. The fourth-order valence-corrected chi connectivity index (χ4v) is 3.20. The van der Waals surface area contributed by atoms with Crippen LogP contribution in [0.15, 0.2) is 24.3 Å². The molecule has 5 heteroatoms. The quantitative estimate of drug-likeness (QED) is 0.242. The van der Waals surface area contributed by atoms with E-state index in [0.717, 1.165) is 44.3 Å². The molecule has 1 fully saturated rings. The van der Waals surface area contributed by atoms with E-state index in [4.69, 9.17) is 4.74 Å². The molecule has 0 aromatic heterocycles. The van der Waals surface area contributed by atoms with Gasteiger partial charge in [0, 0.05) is 31.4 Å². The second kappa shape index (κ2) is 10.7. The number of ether oxygens (including phenoxy) is 1. The molecule has 1 aromatic rings. The van der Waals surface area contributed by atoms with Gasteiger partial charge in [-0.15, -0.1) is 0 Å². The molecule has 0 heterocycles. The summed E-state index contributed by atoms with van der Waals surface area (Å²) in [5, 5.41) is 14.9. The van der Waals surface area contributed by atoms with Crippen LogP contribution < -0.4 is 10.1 Å². The van der Waals surface area contributed by atoms with Gasteiger partial charge in [0.25, 0.3) is 5.91 Å². The molecule has 0 saturated heterocycles. The molecule has 0 bridgehead atoms. The summed E-state index contributed by atoms with van der Waals surface area (Å²) in [6.07, 6.45) is 11.3. The van der Waals surface area contributed by atoms with E-state index in [0.29, 0.717) is 12.1 Å². The molecule has 2 rings (SSSR count). The highest BCUT2D eigenvalue weighted by molar-refractivity contribution is 5.94. The van der Waals surface area contributed by atoms with E-state index in [-0.39, 0.29) is 11.9 Å². The fourth-order valence-electron chi connectivity index (χ4n) is 3.20. The Labute approximate surface area is 150 Å². The van der Waals surface area contributed by atoms with Crippen LogP contribution in [0.5, 0.6) is 5.75 Å². The van der Waals surface area contributed by atoms with Crippen LogP contribution in [0.1, 0.15) is 68.1 Å². The third-order valence-corrected chi connectivity index (χ3v) is 4.76. The predicted molar refractivity (Wildman–Crippen MR) is 100 cm³/mol. The minimum Gasteiger partial charge on any atom is -0.624 e. The number of methoxy groups -OCH3 is 1. The molecule has 1 saturated carbocycles. The summed E-state index contributed by atoms with van der Waals surface area (Å²) in [6.45, 7) is 0.661. The third kappa shape index (κ3) is 6.77. The van der Waals surface area contributed by atoms with Crippen molar-refractivity contribution in [2.24, 2.45) is 0 Å². The number of carbonyl (C=O) groups excluding carboxylic acids is 1. The summed E-state index contributed by atoms with van der Waals surface area (Å²) in [4.78, 5) is 12.0. The lowest BCUT2D eigenvalue weighted by atomic mass is 9.96. The van der Waals surface area contributed by atoms with Gasteiger partial charge in [0.2, 0.25) is 0 Å². The molecule has 1 aliphatic rings. The Kier molecular flexibility index (Phi) is 8.29. The molecule has 0 aliphatic heterocycles. The number of nitrogens with one attached hydrogen (secondary N) is 1. The van der Waals surface area contributed by atoms with Crippen LogP contribution >= 0.6 is 0 Å². The molecule has 0 atom stereocenters. The van der Waals surface area contributed by atoms with Crippen LogP contribution in [0.2, 0.25) is 0 Å². The molecule has 1 aliphatic carbocycles. The molecule has 25 heavy (non-hydrogen) atoms. The molecule has 138 valence electrons. The summed E-state index contributed by atoms with van der Waals surface area (Å²) in [5.41, 5.74) is 0.642. The van der Waals surface area contributed by atoms with Crippen LogP contribution in [0.3, 0.4) is 0 Å². The van der Waals surface area contributed by atoms with Crippen molar-refractivity contribution in [1.29, 1.82) is 0 Å². The zero-order valence-corrected chi connectivity index (χ0v) is 15.2. The van der Waals surface area contributed by atoms with E-state index in [1.807, 2.05) is 6.21 Å². The summed E-state index contributed by atoms with van der Waals surface area (Å²) in [5.74, 6) is 0.686. The highest BCUT2D eigenvalue weighted by Crippen LogP contribution is 2.19. The number of hydrogen-bond donors (Lipinski definition) is 1. The van der Waals surface area contributed by atoms with Gasteiger partial charge in [-0.25, -0.2) is 4.74 Å². The van der Waals surface area contributed by atoms with Crippen LogP contribution in [0.4, 0.5) is 0 Å². The Hall–Kier alpha value is -2.04. The van der Waals surface area contributed by atoms with Crippen LogP contribution in [-0.4, -0.2) is 36.6 Å². The monoisotopic (exact) mass is 346 g/mol. The minimum absolute atomic E-state index is 0.0581. The standard InChI is InChI=1S/C20H30N2O3/c1-25-19-13-11-17(12-14-19)20(23)21-15-7-2-3-8-16-22(24)18-9-5-4-6-10-18/h11-14,16,18H,2-10,15H2,1H3,(H,21,23)/b22-16-. The lowest BCUT2D eigenvalue weighted by Crippen LogP contribution is -2.25. The van der Waals surface area contributed by atoms with E-state index >= 15 is 0 Å². The first-order valence-electron chi connectivity index (χ1n) is 9.42. The first kappa shape index (κ1) is 19.3. The number of rotatable bonds is 9. The number of hydrogen-bond acceptors (Lipinski definition) is 3. The normalized spacial score (nSPS) is 15.8. The first-order chi connectivity index (χ1) is 12.2. The van der Waals surface area contributed by atoms with Crippen molar-refractivity contribution in [2.45, 2.75) is 63.8 Å². The molecule has 0 spiro atoms. The van der Waals surface area contributed by atoms with Gasteiger partial charge in [-0.2, -0.15) is 0 Å². The zero-order chi connectivity index (χ0) is 17.9. The molecule has 5 nitrogen and oxygen atoms in total. The molecule has 1 N–H and O–H groups in total. The maximum atomic E-state index is 12.0. The van der Waals surface area contributed by atoms with Crippen LogP contribution in [0.25, 0.3) is 0 Å². The number of unbranched alkanes of at least 4 members (excludes halogenated alkanes) is 3. The Morgan fingerprint density at radius 1 is 1.20 bits per heavy atom. The third-order valence-electron chi connectivity index (χ3n) is 4.76. The van der Waals surface area contributed by atoms with Crippen molar-refractivity contribution in [2.75, 3.05) is 13.7 Å². The molecule has 1 aromatic carbocycles. The topological polar surface area (TPSA) is 64.4 Å². The predicted octanol–water partition coefficient (Wildman–Crippen LogP) is 3.90. The molecule has 1 amide bonds. The van der Waals surface area contributed by atoms with Gasteiger partial charge in [-0.1, -0.05) is 12.8 Å². The SMILES string of the molecule is COc1ccc(C(=O)NCCCCC/C=[N+](\[O-])C2CCCCC2)cc1. The Bertz CT molecular complexity index is 549. The van der Waals surface area contributed by atoms with Gasteiger partial charge in [-0.3, -0.25) is 4.79 Å². The number of hydroxylamine groups is 1. The van der Waals surface area contributed by atoms with Crippen LogP contribution in [-0.2, 0) is 0 Å². The smallest absolute Gasteiger partial charge is 0.251 e. The lowest BCUT2D eigenvalue weighted by Gasteiger charge is -2.20. The van der Waals surface area contributed by atoms with Gasteiger partial charge in [-0.05, 0) is 49.9 Å². The van der Waals surface area contributed by atoms with Crippen molar-refractivity contribution in [3.8, 4) is 5.75 Å². The second-order valence-electron chi connectivity index (χ2n) is 6.67. The number of carbonyl (C=O) groups is 1. The summed E-state index contributed by atoms with van der Waals surface area (Å²) in [6, 6.07) is 7.30. The maximum Gasteiger partial charge on any atom is 0.251 e. The van der Waals surface area contributed by atoms with Gasteiger partial charge in [0.15, 0.2) is 12.3 Å². The highest BCUT2D eigenvalue weighted by atomic mass is 16.5. The first-order valence-corrected chi connectivity index (χ1v) is 9.42. The molecular weight excluding hydrogens is 316 g/mol. The fraction of sp³-hybridized carbons (Fsp3) is 0.600. The lowest BCUT2D eigenvalue weighted by molar-refractivity contribution is -0.502. The van der Waals surface area contributed by atoms with E-state index in [1.54, 1.807) is 31.4 Å². The van der Waals surface area contributed by atoms with Gasteiger partial charge >= 0.3 is 0 Å². The van der Waals surface area contributed by atoms with Crippen LogP contribution in [0, 0.1) is 5.21 Å². The second-order valence-corrected chi connectivity index (χ2v) is 6.67. The Morgan fingerprint density at radius 3 is 2.60 bits per heavy atom. The van der Waals surface area contributed by atoms with E-state index < -0.39 is 0 Å². The zero-order valence-electron chi connectivity index (χ0n) is 15.2. The van der Waals surface area contributed by atoms with E-state index in [9.17, 15) is 10.0 Å². The summed E-state index contributed by atoms with van der Waals surface area (Å²) in [7, 11) is 1.60. The van der Waals surface area contributed by atoms with E-state index in [1.165, 1.54) is 24.0 Å². The van der Waals surface area contributed by atoms with Crippen molar-refractivity contribution in [1.82, 2.24) is 5.32 Å². The van der Waals surface area contributed by atoms with Crippen molar-refractivity contribution < 1.29 is 14.3 Å². The Balaban J connectivity index is 1.55. The van der Waals surface area contributed by atoms with Crippen molar-refractivity contribution >= 4 is 12.1 Å². The maximum absolute atomic E-state index is 12.0. The largest absolute Gasteiger partial charge is 0.624 e. The average molecular weight is 346 g/mol. The molecular formula is C20H30N2O3. The molecule has 0 unspecified atom stereocenters. The summed E-state index contributed by atoms with van der Waals surface area (Å²) >= 11 is 0. The highest BCUT2D eigenvalue weighted by Gasteiger charge is 2.18.